The first-order valence-electron chi connectivity index (χ1n) is 14.1. The van der Waals surface area contributed by atoms with Gasteiger partial charge in [0.15, 0.2) is 17.4 Å². The van der Waals surface area contributed by atoms with E-state index in [0.29, 0.717) is 52.8 Å². The molecule has 0 fully saturated rings. The first-order valence-corrected chi connectivity index (χ1v) is 14.1. The van der Waals surface area contributed by atoms with Crippen molar-refractivity contribution in [3.63, 3.8) is 0 Å². The number of fused-ring (bicyclic) bond motifs is 1. The van der Waals surface area contributed by atoms with Gasteiger partial charge in [-0.2, -0.15) is 0 Å². The Morgan fingerprint density at radius 3 is 2.00 bits per heavy atom. The van der Waals surface area contributed by atoms with Crippen LogP contribution in [0.3, 0.4) is 0 Å². The first-order chi connectivity index (χ1) is 20.4. The second-order valence-corrected chi connectivity index (χ2v) is 11.6. The summed E-state index contributed by atoms with van der Waals surface area (Å²) in [5, 5.41) is 12.7. The summed E-state index contributed by atoms with van der Waals surface area (Å²) in [4.78, 5) is 14.1. The van der Waals surface area contributed by atoms with Crippen molar-refractivity contribution in [2.24, 2.45) is 5.41 Å². The molecule has 1 aliphatic rings. The van der Waals surface area contributed by atoms with Gasteiger partial charge >= 0.3 is 0 Å². The molecule has 42 heavy (non-hydrogen) atoms. The summed E-state index contributed by atoms with van der Waals surface area (Å²) in [6.07, 6.45) is 1.13. The van der Waals surface area contributed by atoms with E-state index in [0.717, 1.165) is 28.1 Å². The van der Waals surface area contributed by atoms with E-state index in [1.54, 1.807) is 0 Å². The van der Waals surface area contributed by atoms with E-state index < -0.39 is 0 Å². The van der Waals surface area contributed by atoms with Gasteiger partial charge in [-0.25, -0.2) is 0 Å². The third-order valence-corrected chi connectivity index (χ3v) is 7.75. The van der Waals surface area contributed by atoms with Gasteiger partial charge in [0.25, 0.3) is 0 Å². The van der Waals surface area contributed by atoms with Crippen molar-refractivity contribution in [1.29, 1.82) is 0 Å². The SMILES string of the molecule is Cc1cc(-n2c3c(c(Nc4c(-c5ccccc5)noc4-c4ccccc4)c2-c2ccccc2)C(=O)CC(C)(C)C3)no1. The first kappa shape index (κ1) is 25.8. The monoisotopic (exact) mass is 554 g/mol. The predicted molar refractivity (Wildman–Crippen MR) is 163 cm³/mol. The fraction of sp³-hybridized carbons (Fsp3) is 0.171. The molecule has 0 aliphatic heterocycles. The largest absolute Gasteiger partial charge is 0.360 e. The minimum Gasteiger partial charge on any atom is -0.360 e. The summed E-state index contributed by atoms with van der Waals surface area (Å²) < 4.78 is 13.7. The molecule has 7 nitrogen and oxygen atoms in total. The third-order valence-electron chi connectivity index (χ3n) is 7.75. The number of carbonyl (C=O) groups excluding carboxylic acids is 1. The van der Waals surface area contributed by atoms with Crippen molar-refractivity contribution < 1.29 is 13.8 Å². The average Bonchev–Trinajstić information content (AvgIpc) is 3.69. The molecular formula is C35H30N4O3. The van der Waals surface area contributed by atoms with E-state index in [1.165, 1.54) is 0 Å². The fourth-order valence-electron chi connectivity index (χ4n) is 5.94. The number of anilines is 2. The summed E-state index contributed by atoms with van der Waals surface area (Å²) in [7, 11) is 0. The second kappa shape index (κ2) is 10.0. The zero-order valence-corrected chi connectivity index (χ0v) is 23.7. The maximum atomic E-state index is 14.1. The maximum absolute atomic E-state index is 14.1. The molecule has 3 aromatic heterocycles. The molecule has 1 N–H and O–H groups in total. The molecule has 7 heteroatoms. The Labute approximate surface area is 243 Å². The lowest BCUT2D eigenvalue weighted by atomic mass is 9.76. The third kappa shape index (κ3) is 4.43. The number of nitrogens with one attached hydrogen (secondary N) is 1. The fourth-order valence-corrected chi connectivity index (χ4v) is 5.94. The summed E-state index contributed by atoms with van der Waals surface area (Å²) >= 11 is 0. The van der Waals surface area contributed by atoms with Crippen molar-refractivity contribution in [3.05, 3.63) is 114 Å². The molecule has 7 rings (SSSR count). The van der Waals surface area contributed by atoms with Crippen LogP contribution in [0.2, 0.25) is 0 Å². The van der Waals surface area contributed by atoms with Gasteiger partial charge in [-0.1, -0.05) is 115 Å². The van der Waals surface area contributed by atoms with Gasteiger partial charge in [-0.15, -0.1) is 0 Å². The number of aryl methyl sites for hydroxylation is 1. The van der Waals surface area contributed by atoms with Crippen LogP contribution < -0.4 is 5.32 Å². The van der Waals surface area contributed by atoms with Crippen molar-refractivity contribution in [2.45, 2.75) is 33.6 Å². The quantitative estimate of drug-likeness (QED) is 0.222. The molecule has 0 spiro atoms. The van der Waals surface area contributed by atoms with Crippen LogP contribution in [0.1, 0.15) is 42.1 Å². The van der Waals surface area contributed by atoms with Gasteiger partial charge in [-0.05, 0) is 18.8 Å². The van der Waals surface area contributed by atoms with E-state index in [-0.39, 0.29) is 11.2 Å². The number of Topliss-reactive ketones (excluding diaryl/α,β-unsaturated/α-hetero) is 1. The maximum Gasteiger partial charge on any atom is 0.190 e. The standard InChI is InChI=1S/C35H30N4O3/c1-22-19-28(37-41-22)39-26-20-35(2,3)21-27(40)29(26)31(33(39)24-15-9-5-10-16-24)36-32-30(23-13-7-4-8-14-23)38-42-34(32)25-17-11-6-12-18-25/h4-19,36H,20-21H2,1-3H3. The summed E-state index contributed by atoms with van der Waals surface area (Å²) in [6, 6.07) is 31.8. The highest BCUT2D eigenvalue weighted by Gasteiger charge is 2.39. The molecule has 3 heterocycles. The highest BCUT2D eigenvalue weighted by Crippen LogP contribution is 2.48. The van der Waals surface area contributed by atoms with Crippen LogP contribution in [-0.4, -0.2) is 20.7 Å². The van der Waals surface area contributed by atoms with Gasteiger partial charge < -0.3 is 14.4 Å². The van der Waals surface area contributed by atoms with E-state index >= 15 is 0 Å². The lowest BCUT2D eigenvalue weighted by Gasteiger charge is -2.29. The minimum atomic E-state index is -0.216. The molecule has 0 amide bonds. The number of benzene rings is 3. The molecule has 208 valence electrons. The Bertz CT molecular complexity index is 1840. The molecule has 0 atom stereocenters. The van der Waals surface area contributed by atoms with Crippen molar-refractivity contribution >= 4 is 17.2 Å². The molecule has 0 saturated carbocycles. The summed E-state index contributed by atoms with van der Waals surface area (Å²) in [5.41, 5.74) is 6.97. The topological polar surface area (TPSA) is 86.1 Å². The van der Waals surface area contributed by atoms with Gasteiger partial charge in [-0.3, -0.25) is 9.36 Å². The van der Waals surface area contributed by atoms with E-state index in [2.05, 4.69) is 46.2 Å². The Kier molecular flexibility index (Phi) is 6.16. The van der Waals surface area contributed by atoms with E-state index in [1.807, 2.05) is 91.9 Å². The van der Waals surface area contributed by atoms with Crippen molar-refractivity contribution in [2.75, 3.05) is 5.32 Å². The molecule has 6 aromatic rings. The Hall–Kier alpha value is -5.17. The lowest BCUT2D eigenvalue weighted by molar-refractivity contribution is 0.0911. The van der Waals surface area contributed by atoms with Crippen LogP contribution in [0.5, 0.6) is 0 Å². The molecule has 0 bridgehead atoms. The van der Waals surface area contributed by atoms with Crippen LogP contribution in [0.15, 0.2) is 106 Å². The summed E-state index contributed by atoms with van der Waals surface area (Å²) in [5.74, 6) is 2.01. The summed E-state index contributed by atoms with van der Waals surface area (Å²) in [6.45, 7) is 6.14. The number of rotatable bonds is 6. The van der Waals surface area contributed by atoms with Crippen LogP contribution in [0.25, 0.3) is 39.7 Å². The van der Waals surface area contributed by atoms with Crippen molar-refractivity contribution in [1.82, 2.24) is 14.9 Å². The van der Waals surface area contributed by atoms with Gasteiger partial charge in [0.2, 0.25) is 0 Å². The molecular weight excluding hydrogens is 524 g/mol. The highest BCUT2D eigenvalue weighted by molar-refractivity contribution is 6.09. The second-order valence-electron chi connectivity index (χ2n) is 11.6. The predicted octanol–water partition coefficient (Wildman–Crippen LogP) is 8.66. The number of ketones is 1. The van der Waals surface area contributed by atoms with Crippen LogP contribution in [0, 0.1) is 12.3 Å². The molecule has 0 saturated heterocycles. The number of carbonyl (C=O) groups is 1. The average molecular weight is 555 g/mol. The molecule has 0 unspecified atom stereocenters. The normalized spacial score (nSPS) is 14.1. The lowest BCUT2D eigenvalue weighted by Crippen LogP contribution is -2.28. The number of hydrogen-bond donors (Lipinski definition) is 1. The van der Waals surface area contributed by atoms with E-state index in [9.17, 15) is 4.79 Å². The Balaban J connectivity index is 1.54. The van der Waals surface area contributed by atoms with Gasteiger partial charge in [0, 0.05) is 34.9 Å². The Morgan fingerprint density at radius 1 is 0.762 bits per heavy atom. The number of aromatic nitrogens is 3. The van der Waals surface area contributed by atoms with Crippen LogP contribution >= 0.6 is 0 Å². The number of hydrogen-bond acceptors (Lipinski definition) is 6. The van der Waals surface area contributed by atoms with Gasteiger partial charge in [0.1, 0.15) is 17.1 Å². The minimum absolute atomic E-state index is 0.0823. The van der Waals surface area contributed by atoms with Crippen molar-refractivity contribution in [3.8, 4) is 39.7 Å². The zero-order valence-electron chi connectivity index (χ0n) is 23.7. The molecule has 0 radical (unpaired) electrons. The highest BCUT2D eigenvalue weighted by atomic mass is 16.5. The van der Waals surface area contributed by atoms with E-state index in [4.69, 9.17) is 9.05 Å². The zero-order chi connectivity index (χ0) is 28.8. The smallest absolute Gasteiger partial charge is 0.190 e. The van der Waals surface area contributed by atoms with Crippen LogP contribution in [0.4, 0.5) is 11.4 Å². The Morgan fingerprint density at radius 2 is 1.38 bits per heavy atom. The number of nitrogens with zero attached hydrogens (tertiary/aromatic N) is 3. The molecule has 3 aromatic carbocycles. The van der Waals surface area contributed by atoms with Crippen LogP contribution in [-0.2, 0) is 6.42 Å². The van der Waals surface area contributed by atoms with Gasteiger partial charge in [0.05, 0.1) is 16.9 Å². The molecule has 1 aliphatic carbocycles.